The number of halogens is 2. The van der Waals surface area contributed by atoms with E-state index in [0.29, 0.717) is 5.75 Å². The van der Waals surface area contributed by atoms with Gasteiger partial charge in [0.2, 0.25) is 0 Å². The van der Waals surface area contributed by atoms with Gasteiger partial charge in [-0.2, -0.15) is 0 Å². The van der Waals surface area contributed by atoms with Gasteiger partial charge in [0, 0.05) is 47.6 Å². The lowest BCUT2D eigenvalue weighted by molar-refractivity contribution is -0.0742. The number of aliphatic hydroxyl groups is 1. The zero-order valence-electron chi connectivity index (χ0n) is 20.3. The van der Waals surface area contributed by atoms with Gasteiger partial charge in [-0.1, -0.05) is 92.5 Å². The molecule has 4 aromatic rings. The van der Waals surface area contributed by atoms with Crippen molar-refractivity contribution in [2.45, 2.75) is 27.2 Å². The number of hydrogen-bond donors (Lipinski definition) is 1. The molecule has 1 N–H and O–H groups in total. The molecular weight excluding hydrogens is 640 g/mol. The highest BCUT2D eigenvalue weighted by Gasteiger charge is 2.74. The lowest BCUT2D eigenvalue weighted by Gasteiger charge is -2.50. The van der Waals surface area contributed by atoms with Crippen LogP contribution < -0.4 is 0 Å². The molecule has 1 spiro atoms. The van der Waals surface area contributed by atoms with Crippen molar-refractivity contribution in [3.63, 3.8) is 0 Å². The summed E-state index contributed by atoms with van der Waals surface area (Å²) in [7, 11) is 0. The predicted molar refractivity (Wildman–Crippen MR) is 162 cm³/mol. The van der Waals surface area contributed by atoms with Gasteiger partial charge in [0.1, 0.15) is 5.60 Å². The van der Waals surface area contributed by atoms with Crippen molar-refractivity contribution in [3.05, 3.63) is 128 Å². The van der Waals surface area contributed by atoms with E-state index in [1.165, 1.54) is 0 Å². The Balaban J connectivity index is 1.57. The Hall–Kier alpha value is -1.83. The fourth-order valence-electron chi connectivity index (χ4n) is 7.18. The molecular formula is C32H24Br2O2S2. The normalized spacial score (nSPS) is 29.6. The van der Waals surface area contributed by atoms with E-state index in [9.17, 15) is 9.90 Å². The van der Waals surface area contributed by atoms with Gasteiger partial charge in [-0.3, -0.25) is 4.79 Å². The van der Waals surface area contributed by atoms with Gasteiger partial charge in [-0.25, -0.2) is 0 Å². The highest BCUT2D eigenvalue weighted by atomic mass is 79.9. The molecule has 0 saturated heterocycles. The minimum absolute atomic E-state index is 0.0371. The molecule has 1 aliphatic carbocycles. The average molecular weight is 664 g/mol. The highest BCUT2D eigenvalue weighted by Crippen LogP contribution is 2.73. The van der Waals surface area contributed by atoms with Gasteiger partial charge in [0.05, 0.1) is 5.41 Å². The smallest absolute Gasteiger partial charge is 0.174 e. The van der Waals surface area contributed by atoms with E-state index in [2.05, 4.69) is 92.5 Å². The number of benzene rings is 4. The van der Waals surface area contributed by atoms with Crippen LogP contribution in [0.1, 0.15) is 38.9 Å². The largest absolute Gasteiger partial charge is 0.384 e. The molecule has 1 saturated carbocycles. The molecule has 0 radical (unpaired) electrons. The van der Waals surface area contributed by atoms with E-state index >= 15 is 0 Å². The first-order chi connectivity index (χ1) is 18.4. The average Bonchev–Trinajstić information content (AvgIpc) is 3.17. The van der Waals surface area contributed by atoms with Crippen molar-refractivity contribution in [2.75, 3.05) is 11.5 Å². The van der Waals surface area contributed by atoms with Crippen molar-refractivity contribution in [1.82, 2.24) is 0 Å². The van der Waals surface area contributed by atoms with Gasteiger partial charge >= 0.3 is 0 Å². The van der Waals surface area contributed by atoms with E-state index in [-0.39, 0.29) is 23.5 Å². The number of carbonyl (C=O) groups is 1. The minimum atomic E-state index is -1.32. The van der Waals surface area contributed by atoms with Crippen LogP contribution in [0.2, 0.25) is 0 Å². The van der Waals surface area contributed by atoms with E-state index in [0.717, 1.165) is 46.7 Å². The molecule has 6 heteroatoms. The van der Waals surface area contributed by atoms with Crippen molar-refractivity contribution < 1.29 is 9.90 Å². The molecule has 190 valence electrons. The first kappa shape index (κ1) is 25.2. The third-order valence-corrected chi connectivity index (χ3v) is 12.2. The van der Waals surface area contributed by atoms with E-state index < -0.39 is 11.0 Å². The number of hydrogen-bond acceptors (Lipinski definition) is 4. The fraction of sp³-hybridized carbons (Fsp3) is 0.219. The first-order valence-corrected chi connectivity index (χ1v) is 16.2. The third kappa shape index (κ3) is 3.46. The topological polar surface area (TPSA) is 37.3 Å². The van der Waals surface area contributed by atoms with Crippen molar-refractivity contribution in [3.8, 4) is 0 Å². The molecule has 0 bridgehead atoms. The van der Waals surface area contributed by atoms with Gasteiger partial charge in [0.15, 0.2) is 5.78 Å². The van der Waals surface area contributed by atoms with Crippen LogP contribution in [0.25, 0.3) is 0 Å². The maximum absolute atomic E-state index is 15.0. The van der Waals surface area contributed by atoms with Gasteiger partial charge in [-0.05, 0) is 59.0 Å². The summed E-state index contributed by atoms with van der Waals surface area (Å²) in [6.07, 6.45) is 0. The minimum Gasteiger partial charge on any atom is -0.384 e. The van der Waals surface area contributed by atoms with E-state index in [1.54, 1.807) is 23.5 Å². The van der Waals surface area contributed by atoms with Crippen LogP contribution in [0.15, 0.2) is 116 Å². The van der Waals surface area contributed by atoms with E-state index in [4.69, 9.17) is 0 Å². The summed E-state index contributed by atoms with van der Waals surface area (Å²) in [5, 5.41) is 13.3. The summed E-state index contributed by atoms with van der Waals surface area (Å²) in [5.74, 6) is 0.975. The molecule has 1 fully saturated rings. The summed E-state index contributed by atoms with van der Waals surface area (Å²) >= 11 is 10.7. The number of thioether (sulfide) groups is 2. The molecule has 38 heavy (non-hydrogen) atoms. The quantitative estimate of drug-likeness (QED) is 0.233. The van der Waals surface area contributed by atoms with Crippen LogP contribution in [0, 0.1) is 11.3 Å². The van der Waals surface area contributed by atoms with Crippen LogP contribution >= 0.6 is 55.4 Å². The standard InChI is InChI=1S/C32H24Br2O2S2/c33-21-13-9-19(10-14-21)28-25-17-37-27-8-4-2-6-24(27)32(25,36)31(29(28)20-11-15-22(34)16-12-20)18-38-26-7-3-1-5-23(26)30(31)35/h1-16,25,28-29,36H,17-18H2/t25-,28-,29+,31+,32+/m0/s1. The molecule has 5 atom stereocenters. The number of carbonyl (C=O) groups excluding carboxylic acids is 1. The molecule has 0 unspecified atom stereocenters. The number of ketones is 1. The van der Waals surface area contributed by atoms with Crippen LogP contribution in [-0.2, 0) is 5.60 Å². The van der Waals surface area contributed by atoms with Crippen LogP contribution in [-0.4, -0.2) is 22.4 Å². The predicted octanol–water partition coefficient (Wildman–Crippen LogP) is 8.68. The Morgan fingerprint density at radius 3 is 2.05 bits per heavy atom. The molecule has 0 amide bonds. The Kier molecular flexibility index (Phi) is 6.21. The molecule has 7 rings (SSSR count). The fourth-order valence-corrected chi connectivity index (χ4v) is 10.5. The Labute approximate surface area is 247 Å². The lowest BCUT2D eigenvalue weighted by atomic mass is 9.60. The van der Waals surface area contributed by atoms with Crippen molar-refractivity contribution >= 4 is 61.2 Å². The highest BCUT2D eigenvalue weighted by molar-refractivity contribution is 9.10. The third-order valence-electron chi connectivity index (χ3n) is 8.73. The summed E-state index contributed by atoms with van der Waals surface area (Å²) in [6, 6.07) is 33.0. The van der Waals surface area contributed by atoms with Gasteiger partial charge in [0.25, 0.3) is 0 Å². The number of fused-ring (bicyclic) bond motifs is 5. The van der Waals surface area contributed by atoms with Crippen LogP contribution in [0.3, 0.4) is 0 Å². The van der Waals surface area contributed by atoms with Gasteiger partial charge < -0.3 is 5.11 Å². The molecule has 3 aliphatic rings. The van der Waals surface area contributed by atoms with Crippen LogP contribution in [0.4, 0.5) is 0 Å². The van der Waals surface area contributed by atoms with Gasteiger partial charge in [-0.15, -0.1) is 23.5 Å². The van der Waals surface area contributed by atoms with E-state index in [1.807, 2.05) is 36.4 Å². The first-order valence-electron chi connectivity index (χ1n) is 12.7. The number of Topliss-reactive ketones (excluding diaryl/α,β-unsaturated/α-hetero) is 1. The summed E-state index contributed by atoms with van der Waals surface area (Å²) in [6.45, 7) is 0. The zero-order chi connectivity index (χ0) is 26.1. The Morgan fingerprint density at radius 1 is 0.737 bits per heavy atom. The maximum Gasteiger partial charge on any atom is 0.174 e. The second-order valence-electron chi connectivity index (χ2n) is 10.4. The SMILES string of the molecule is O=C1c2ccccc2SC[C@@]12[C@H](c1ccc(Br)cc1)[C@@H](c1ccc(Br)cc1)[C@@H]1CSc3ccccc3[C@@]12O. The molecule has 2 aliphatic heterocycles. The molecule has 2 heterocycles. The zero-order valence-corrected chi connectivity index (χ0v) is 25.1. The second-order valence-corrected chi connectivity index (χ2v) is 14.3. The second kappa shape index (κ2) is 9.38. The molecule has 2 nitrogen and oxygen atoms in total. The number of rotatable bonds is 2. The summed E-state index contributed by atoms with van der Waals surface area (Å²) in [4.78, 5) is 17.1. The molecule has 4 aromatic carbocycles. The summed E-state index contributed by atoms with van der Waals surface area (Å²) in [5.41, 5.74) is 1.54. The monoisotopic (exact) mass is 662 g/mol. The van der Waals surface area contributed by atoms with Crippen molar-refractivity contribution in [1.29, 1.82) is 0 Å². The Morgan fingerprint density at radius 2 is 1.34 bits per heavy atom. The summed E-state index contributed by atoms with van der Waals surface area (Å²) < 4.78 is 2.02. The maximum atomic E-state index is 15.0. The lowest BCUT2D eigenvalue weighted by Crippen LogP contribution is -2.56. The molecule has 0 aromatic heterocycles. The van der Waals surface area contributed by atoms with Crippen molar-refractivity contribution in [2.24, 2.45) is 11.3 Å². The van der Waals surface area contributed by atoms with Crippen LogP contribution in [0.5, 0.6) is 0 Å². The Bertz CT molecular complexity index is 1550.